The zero-order valence-corrected chi connectivity index (χ0v) is 16.2. The van der Waals surface area contributed by atoms with Crippen molar-refractivity contribution in [2.24, 2.45) is 0 Å². The summed E-state index contributed by atoms with van der Waals surface area (Å²) < 4.78 is 2.13. The van der Waals surface area contributed by atoms with Crippen LogP contribution in [-0.2, 0) is 4.79 Å². The molecular formula is C23H26N4O. The molecule has 1 saturated heterocycles. The number of anilines is 1. The van der Waals surface area contributed by atoms with E-state index >= 15 is 0 Å². The Bertz CT molecular complexity index is 882. The van der Waals surface area contributed by atoms with Gasteiger partial charge in [0.25, 0.3) is 0 Å². The minimum atomic E-state index is 0.0249. The van der Waals surface area contributed by atoms with Gasteiger partial charge in [0.05, 0.1) is 12.5 Å². The topological polar surface area (TPSA) is 41.4 Å². The second kappa shape index (κ2) is 8.30. The Hall–Kier alpha value is -3.08. The van der Waals surface area contributed by atoms with Crippen molar-refractivity contribution in [3.8, 4) is 0 Å². The summed E-state index contributed by atoms with van der Waals surface area (Å²) in [4.78, 5) is 21.7. The van der Waals surface area contributed by atoms with E-state index in [2.05, 4.69) is 45.6 Å². The van der Waals surface area contributed by atoms with Crippen LogP contribution in [0.1, 0.15) is 23.6 Å². The van der Waals surface area contributed by atoms with E-state index in [9.17, 15) is 4.79 Å². The molecule has 1 aromatic carbocycles. The van der Waals surface area contributed by atoms with Crippen LogP contribution in [0.25, 0.3) is 0 Å². The van der Waals surface area contributed by atoms with Crippen LogP contribution in [0.4, 0.5) is 5.82 Å². The van der Waals surface area contributed by atoms with Gasteiger partial charge in [-0.3, -0.25) is 4.79 Å². The van der Waals surface area contributed by atoms with E-state index in [4.69, 9.17) is 0 Å². The minimum absolute atomic E-state index is 0.0249. The average molecular weight is 374 g/mol. The fraction of sp³-hybridized carbons (Fsp3) is 0.304. The summed E-state index contributed by atoms with van der Waals surface area (Å²) in [5, 5.41) is 0. The molecule has 0 N–H and O–H groups in total. The lowest BCUT2D eigenvalue weighted by molar-refractivity contribution is -0.132. The Kier molecular flexibility index (Phi) is 5.42. The van der Waals surface area contributed by atoms with Crippen molar-refractivity contribution < 1.29 is 4.79 Å². The molecule has 0 saturated carbocycles. The smallest absolute Gasteiger partial charge is 0.225 e. The molecule has 144 valence electrons. The standard InChI is InChI=1S/C23H26N4O/c1-19-7-9-20(10-8-19)21(25-12-4-5-13-25)18-23(28)27-16-14-26(15-17-27)22-6-2-3-11-24-22/h2-13,21H,14-18H2,1H3/t21-/m0/s1. The third kappa shape index (κ3) is 4.09. The summed E-state index contributed by atoms with van der Waals surface area (Å²) >= 11 is 0. The lowest BCUT2D eigenvalue weighted by Gasteiger charge is -2.36. The molecule has 4 rings (SSSR count). The summed E-state index contributed by atoms with van der Waals surface area (Å²) in [5.41, 5.74) is 2.40. The number of aryl methyl sites for hydroxylation is 1. The average Bonchev–Trinajstić information content (AvgIpc) is 3.28. The summed E-state index contributed by atoms with van der Waals surface area (Å²) in [6, 6.07) is 18.5. The lowest BCUT2D eigenvalue weighted by atomic mass is 10.0. The Morgan fingerprint density at radius 2 is 1.68 bits per heavy atom. The van der Waals surface area contributed by atoms with Crippen LogP contribution >= 0.6 is 0 Å². The molecule has 1 aliphatic rings. The van der Waals surface area contributed by atoms with E-state index in [1.54, 1.807) is 0 Å². The highest BCUT2D eigenvalue weighted by Gasteiger charge is 2.25. The van der Waals surface area contributed by atoms with Crippen molar-refractivity contribution in [3.63, 3.8) is 0 Å². The first-order valence-electron chi connectivity index (χ1n) is 9.83. The fourth-order valence-electron chi connectivity index (χ4n) is 3.76. The highest BCUT2D eigenvalue weighted by Crippen LogP contribution is 2.24. The van der Waals surface area contributed by atoms with E-state index in [-0.39, 0.29) is 11.9 Å². The van der Waals surface area contributed by atoms with Gasteiger partial charge in [0.15, 0.2) is 0 Å². The Labute approximate surface area is 166 Å². The number of amides is 1. The van der Waals surface area contributed by atoms with Crippen LogP contribution in [0.5, 0.6) is 0 Å². The third-order valence-electron chi connectivity index (χ3n) is 5.42. The molecule has 1 amide bonds. The van der Waals surface area contributed by atoms with E-state index in [1.807, 2.05) is 53.8 Å². The quantitative estimate of drug-likeness (QED) is 0.686. The molecular weight excluding hydrogens is 348 g/mol. The number of hydrogen-bond donors (Lipinski definition) is 0. The largest absolute Gasteiger partial charge is 0.353 e. The molecule has 0 aliphatic carbocycles. The fourth-order valence-corrected chi connectivity index (χ4v) is 3.76. The zero-order chi connectivity index (χ0) is 19.3. The molecule has 0 bridgehead atoms. The van der Waals surface area contributed by atoms with Crippen molar-refractivity contribution in [2.45, 2.75) is 19.4 Å². The Morgan fingerprint density at radius 3 is 2.32 bits per heavy atom. The molecule has 0 radical (unpaired) electrons. The normalized spacial score (nSPS) is 15.5. The first kappa shape index (κ1) is 18.3. The third-order valence-corrected chi connectivity index (χ3v) is 5.42. The molecule has 2 aromatic heterocycles. The van der Waals surface area contributed by atoms with E-state index < -0.39 is 0 Å². The number of aromatic nitrogens is 2. The number of piperazine rings is 1. The molecule has 3 heterocycles. The Morgan fingerprint density at radius 1 is 0.964 bits per heavy atom. The van der Waals surface area contributed by atoms with Gasteiger partial charge < -0.3 is 14.4 Å². The number of benzene rings is 1. The van der Waals surface area contributed by atoms with Gasteiger partial charge in [-0.15, -0.1) is 0 Å². The second-order valence-corrected chi connectivity index (χ2v) is 7.32. The number of carbonyl (C=O) groups is 1. The maximum atomic E-state index is 13.1. The van der Waals surface area contributed by atoms with Crippen molar-refractivity contribution in [1.29, 1.82) is 0 Å². The summed E-state index contributed by atoms with van der Waals surface area (Å²) in [6.07, 6.45) is 6.37. The lowest BCUT2D eigenvalue weighted by Crippen LogP contribution is -2.49. The van der Waals surface area contributed by atoms with E-state index in [0.717, 1.165) is 32.0 Å². The molecule has 3 aromatic rings. The van der Waals surface area contributed by atoms with Crippen LogP contribution in [0.3, 0.4) is 0 Å². The van der Waals surface area contributed by atoms with Crippen molar-refractivity contribution in [1.82, 2.24) is 14.5 Å². The maximum absolute atomic E-state index is 13.1. The predicted molar refractivity (Wildman–Crippen MR) is 111 cm³/mol. The van der Waals surface area contributed by atoms with Gasteiger partial charge in [-0.2, -0.15) is 0 Å². The van der Waals surface area contributed by atoms with Gasteiger partial charge in [0, 0.05) is 44.8 Å². The second-order valence-electron chi connectivity index (χ2n) is 7.32. The molecule has 0 spiro atoms. The molecule has 28 heavy (non-hydrogen) atoms. The maximum Gasteiger partial charge on any atom is 0.225 e. The van der Waals surface area contributed by atoms with Crippen LogP contribution in [0.15, 0.2) is 73.2 Å². The van der Waals surface area contributed by atoms with Gasteiger partial charge >= 0.3 is 0 Å². The van der Waals surface area contributed by atoms with Gasteiger partial charge in [0.2, 0.25) is 5.91 Å². The van der Waals surface area contributed by atoms with Gasteiger partial charge in [-0.1, -0.05) is 35.9 Å². The first-order valence-corrected chi connectivity index (χ1v) is 9.83. The molecule has 5 nitrogen and oxygen atoms in total. The van der Waals surface area contributed by atoms with Gasteiger partial charge in [-0.25, -0.2) is 4.98 Å². The highest BCUT2D eigenvalue weighted by atomic mass is 16.2. The molecule has 1 fully saturated rings. The number of carbonyl (C=O) groups excluding carboxylic acids is 1. The molecule has 1 atom stereocenters. The number of pyridine rings is 1. The number of hydrogen-bond acceptors (Lipinski definition) is 3. The number of rotatable bonds is 5. The van der Waals surface area contributed by atoms with Crippen LogP contribution < -0.4 is 4.90 Å². The van der Waals surface area contributed by atoms with Gasteiger partial charge in [-0.05, 0) is 36.8 Å². The number of nitrogens with zero attached hydrogens (tertiary/aromatic N) is 4. The van der Waals surface area contributed by atoms with Crippen molar-refractivity contribution in [2.75, 3.05) is 31.1 Å². The van der Waals surface area contributed by atoms with E-state index in [0.29, 0.717) is 6.42 Å². The monoisotopic (exact) mass is 374 g/mol. The summed E-state index contributed by atoms with van der Waals surface area (Å²) in [7, 11) is 0. The predicted octanol–water partition coefficient (Wildman–Crippen LogP) is 3.52. The van der Waals surface area contributed by atoms with Crippen LogP contribution in [0, 0.1) is 6.92 Å². The molecule has 0 unspecified atom stereocenters. The van der Waals surface area contributed by atoms with Crippen LogP contribution in [0.2, 0.25) is 0 Å². The van der Waals surface area contributed by atoms with Crippen molar-refractivity contribution in [3.05, 3.63) is 84.3 Å². The SMILES string of the molecule is Cc1ccc([C@H](CC(=O)N2CCN(c3ccccn3)CC2)n2cccc2)cc1. The Balaban J connectivity index is 1.43. The highest BCUT2D eigenvalue weighted by molar-refractivity contribution is 5.77. The van der Waals surface area contributed by atoms with E-state index in [1.165, 1.54) is 11.1 Å². The minimum Gasteiger partial charge on any atom is -0.353 e. The first-order chi connectivity index (χ1) is 13.7. The summed E-state index contributed by atoms with van der Waals surface area (Å²) in [6.45, 7) is 5.20. The molecule has 1 aliphatic heterocycles. The van der Waals surface area contributed by atoms with Crippen molar-refractivity contribution >= 4 is 11.7 Å². The zero-order valence-electron chi connectivity index (χ0n) is 16.2. The molecule has 5 heteroatoms. The summed E-state index contributed by atoms with van der Waals surface area (Å²) in [5.74, 6) is 1.19. The van der Waals surface area contributed by atoms with Crippen LogP contribution in [-0.4, -0.2) is 46.5 Å². The van der Waals surface area contributed by atoms with Gasteiger partial charge in [0.1, 0.15) is 5.82 Å².